The van der Waals surface area contributed by atoms with E-state index in [-0.39, 0.29) is 17.6 Å². The Morgan fingerprint density at radius 3 is 2.81 bits per heavy atom. The number of amides is 1. The molecule has 1 amide bonds. The van der Waals surface area contributed by atoms with E-state index >= 15 is 0 Å². The minimum absolute atomic E-state index is 0.00516. The van der Waals surface area contributed by atoms with Crippen molar-refractivity contribution in [1.82, 2.24) is 10.3 Å². The van der Waals surface area contributed by atoms with E-state index in [4.69, 9.17) is 4.42 Å². The van der Waals surface area contributed by atoms with E-state index < -0.39 is 5.92 Å². The number of hydrogen-bond donors (Lipinski definition) is 2. The van der Waals surface area contributed by atoms with Gasteiger partial charge in [-0.25, -0.2) is 4.98 Å². The van der Waals surface area contributed by atoms with Gasteiger partial charge >= 0.3 is 0 Å². The van der Waals surface area contributed by atoms with Crippen molar-refractivity contribution in [3.63, 3.8) is 0 Å². The molecule has 0 fully saturated rings. The van der Waals surface area contributed by atoms with E-state index in [1.54, 1.807) is 35.9 Å². The molecule has 2 N–H and O–H groups in total. The lowest BCUT2D eigenvalue weighted by Crippen LogP contribution is -2.36. The molecule has 7 heteroatoms. The highest BCUT2D eigenvalue weighted by atomic mass is 32.1. The number of nitrogens with zero attached hydrogens (tertiary/aromatic N) is 1. The largest absolute Gasteiger partial charge is 0.469 e. The Balaban J connectivity index is 1.54. The number of nitrogens with one attached hydrogen (secondary N) is 2. The maximum absolute atomic E-state index is 13.4. The lowest BCUT2D eigenvalue weighted by atomic mass is 9.74. The summed E-state index contributed by atoms with van der Waals surface area (Å²) in [5.41, 5.74) is 2.86. The van der Waals surface area contributed by atoms with E-state index in [0.717, 1.165) is 22.0 Å². The SMILES string of the molecule is CC1=C(C(=O)Nc2ccccn2)[C@@H](c2cccs2)C2=C(C[C@@H](c3ccco3)CC2=O)N1. The Morgan fingerprint density at radius 2 is 2.10 bits per heavy atom. The van der Waals surface area contributed by atoms with Crippen molar-refractivity contribution in [2.24, 2.45) is 0 Å². The number of aromatic nitrogens is 1. The predicted octanol–water partition coefficient (Wildman–Crippen LogP) is 4.74. The topological polar surface area (TPSA) is 84.2 Å². The molecule has 0 spiro atoms. The standard InChI is InChI=1S/C24H21N3O3S/c1-14-21(24(29)27-20-8-2-3-9-25-20)23(19-7-5-11-31-19)22-16(26-14)12-15(13-17(22)28)18-6-4-10-30-18/h2-11,15,23,26H,12-13H2,1H3,(H,25,27,29)/t15-,23-/m1/s1. The number of Topliss-reactive ketones (excluding diaryl/α,β-unsaturated/α-hetero) is 1. The average Bonchev–Trinajstić information content (AvgIpc) is 3.47. The maximum Gasteiger partial charge on any atom is 0.255 e. The van der Waals surface area contributed by atoms with Gasteiger partial charge in [-0.2, -0.15) is 0 Å². The van der Waals surface area contributed by atoms with Crippen molar-refractivity contribution >= 4 is 28.8 Å². The number of ketones is 1. The summed E-state index contributed by atoms with van der Waals surface area (Å²) in [6, 6.07) is 13.1. The van der Waals surface area contributed by atoms with Crippen molar-refractivity contribution in [3.8, 4) is 0 Å². The molecule has 156 valence electrons. The molecule has 4 heterocycles. The lowest BCUT2D eigenvalue weighted by Gasteiger charge is -2.35. The van der Waals surface area contributed by atoms with Gasteiger partial charge in [0.2, 0.25) is 0 Å². The molecule has 2 atom stereocenters. The quantitative estimate of drug-likeness (QED) is 0.624. The van der Waals surface area contributed by atoms with E-state index in [1.165, 1.54) is 0 Å². The Bertz CT molecular complexity index is 1180. The number of thiophene rings is 1. The molecule has 0 unspecified atom stereocenters. The Hall–Kier alpha value is -3.45. The third kappa shape index (κ3) is 3.61. The number of carbonyl (C=O) groups is 2. The van der Waals surface area contributed by atoms with Crippen LogP contribution in [0, 0.1) is 0 Å². The Labute approximate surface area is 183 Å². The molecule has 5 rings (SSSR count). The van der Waals surface area contributed by atoms with E-state index in [2.05, 4.69) is 15.6 Å². The minimum Gasteiger partial charge on any atom is -0.469 e. The molecular formula is C24H21N3O3S. The summed E-state index contributed by atoms with van der Waals surface area (Å²) in [5, 5.41) is 8.23. The van der Waals surface area contributed by atoms with Gasteiger partial charge in [0, 0.05) is 46.0 Å². The predicted molar refractivity (Wildman–Crippen MR) is 118 cm³/mol. The summed E-state index contributed by atoms with van der Waals surface area (Å²) >= 11 is 1.55. The lowest BCUT2D eigenvalue weighted by molar-refractivity contribution is -0.116. The Kier molecular flexibility index (Phi) is 5.03. The zero-order valence-electron chi connectivity index (χ0n) is 16.9. The minimum atomic E-state index is -0.398. The van der Waals surface area contributed by atoms with Crippen LogP contribution in [0.2, 0.25) is 0 Å². The highest BCUT2D eigenvalue weighted by Gasteiger charge is 2.41. The third-order valence-corrected chi connectivity index (χ3v) is 6.69. The van der Waals surface area contributed by atoms with Crippen LogP contribution in [0.1, 0.15) is 42.2 Å². The van der Waals surface area contributed by atoms with Crippen molar-refractivity contribution in [2.75, 3.05) is 5.32 Å². The summed E-state index contributed by atoms with van der Waals surface area (Å²) < 4.78 is 5.57. The fourth-order valence-corrected chi connectivity index (χ4v) is 5.27. The molecule has 1 aliphatic heterocycles. The van der Waals surface area contributed by atoms with Crippen molar-refractivity contribution in [3.05, 3.63) is 93.5 Å². The fraction of sp³-hybridized carbons (Fsp3) is 0.208. The number of hydrogen-bond acceptors (Lipinski definition) is 6. The molecule has 0 saturated heterocycles. The zero-order chi connectivity index (χ0) is 21.4. The molecule has 0 radical (unpaired) electrons. The highest BCUT2D eigenvalue weighted by molar-refractivity contribution is 7.10. The number of rotatable bonds is 4. The summed E-state index contributed by atoms with van der Waals surface area (Å²) in [6.07, 6.45) is 4.30. The van der Waals surface area contributed by atoms with Crippen LogP contribution in [0.5, 0.6) is 0 Å². The van der Waals surface area contributed by atoms with Crippen molar-refractivity contribution < 1.29 is 14.0 Å². The van der Waals surface area contributed by atoms with Gasteiger partial charge in [0.05, 0.1) is 12.2 Å². The second-order valence-electron chi connectivity index (χ2n) is 7.72. The van der Waals surface area contributed by atoms with Gasteiger partial charge in [-0.3, -0.25) is 9.59 Å². The average molecular weight is 432 g/mol. The molecular weight excluding hydrogens is 410 g/mol. The van der Waals surface area contributed by atoms with Crippen LogP contribution in [0.25, 0.3) is 0 Å². The number of pyridine rings is 1. The first-order valence-electron chi connectivity index (χ1n) is 10.1. The van der Waals surface area contributed by atoms with E-state index in [0.29, 0.717) is 29.8 Å². The van der Waals surface area contributed by atoms with Gasteiger partial charge in [-0.05, 0) is 49.1 Å². The summed E-state index contributed by atoms with van der Waals surface area (Å²) in [7, 11) is 0. The molecule has 1 aliphatic carbocycles. The number of carbonyl (C=O) groups excluding carboxylic acids is 2. The molecule has 0 aromatic carbocycles. The van der Waals surface area contributed by atoms with Crippen LogP contribution in [0.4, 0.5) is 5.82 Å². The van der Waals surface area contributed by atoms with Crippen LogP contribution in [-0.2, 0) is 9.59 Å². The molecule has 0 bridgehead atoms. The Morgan fingerprint density at radius 1 is 1.19 bits per heavy atom. The normalized spacial score (nSPS) is 21.0. The van der Waals surface area contributed by atoms with Crippen molar-refractivity contribution in [1.29, 1.82) is 0 Å². The molecule has 2 aliphatic rings. The second kappa shape index (κ2) is 8.00. The highest BCUT2D eigenvalue weighted by Crippen LogP contribution is 2.46. The molecule has 0 saturated carbocycles. The summed E-state index contributed by atoms with van der Waals surface area (Å²) in [6.45, 7) is 1.89. The van der Waals surface area contributed by atoms with Crippen LogP contribution in [0.3, 0.4) is 0 Å². The molecule has 3 aromatic rings. The van der Waals surface area contributed by atoms with Crippen LogP contribution in [-0.4, -0.2) is 16.7 Å². The number of anilines is 1. The van der Waals surface area contributed by atoms with Crippen LogP contribution < -0.4 is 10.6 Å². The van der Waals surface area contributed by atoms with E-state index in [1.807, 2.05) is 42.6 Å². The fourth-order valence-electron chi connectivity index (χ4n) is 4.43. The van der Waals surface area contributed by atoms with Gasteiger partial charge in [-0.15, -0.1) is 11.3 Å². The smallest absolute Gasteiger partial charge is 0.255 e. The van der Waals surface area contributed by atoms with Gasteiger partial charge in [0.1, 0.15) is 11.6 Å². The molecule has 31 heavy (non-hydrogen) atoms. The first kappa shape index (κ1) is 19.5. The number of allylic oxidation sites excluding steroid dienone is 3. The van der Waals surface area contributed by atoms with Gasteiger partial charge < -0.3 is 15.1 Å². The van der Waals surface area contributed by atoms with Crippen molar-refractivity contribution in [2.45, 2.75) is 31.6 Å². The van der Waals surface area contributed by atoms with Gasteiger partial charge in [0.25, 0.3) is 5.91 Å². The molecule has 3 aromatic heterocycles. The zero-order valence-corrected chi connectivity index (χ0v) is 17.7. The van der Waals surface area contributed by atoms with Crippen LogP contribution in [0.15, 0.2) is 87.3 Å². The first-order chi connectivity index (χ1) is 15.1. The van der Waals surface area contributed by atoms with Crippen LogP contribution >= 0.6 is 11.3 Å². The number of furan rings is 1. The van der Waals surface area contributed by atoms with Gasteiger partial charge in [0.15, 0.2) is 5.78 Å². The first-order valence-corrected chi connectivity index (χ1v) is 11.0. The third-order valence-electron chi connectivity index (χ3n) is 5.75. The second-order valence-corrected chi connectivity index (χ2v) is 8.70. The monoisotopic (exact) mass is 431 g/mol. The van der Waals surface area contributed by atoms with E-state index in [9.17, 15) is 9.59 Å². The number of dihydropyridines is 1. The van der Waals surface area contributed by atoms with Gasteiger partial charge in [-0.1, -0.05) is 12.1 Å². The summed E-state index contributed by atoms with van der Waals surface area (Å²) in [4.78, 5) is 31.9. The summed E-state index contributed by atoms with van der Waals surface area (Å²) in [5.74, 6) is 0.679. The maximum atomic E-state index is 13.4. The molecule has 6 nitrogen and oxygen atoms in total.